The lowest BCUT2D eigenvalue weighted by Gasteiger charge is -2.52. The van der Waals surface area contributed by atoms with Crippen LogP contribution in [0, 0.1) is 17.8 Å². The average molecular weight is 303 g/mol. The average Bonchev–Trinajstić information content (AvgIpc) is 2.48. The molecule has 22 heavy (non-hydrogen) atoms. The van der Waals surface area contributed by atoms with Gasteiger partial charge in [-0.3, -0.25) is 4.90 Å². The maximum atomic E-state index is 10.2. The van der Waals surface area contributed by atoms with Crippen molar-refractivity contribution >= 4 is 0 Å². The Kier molecular flexibility index (Phi) is 6.05. The molecule has 1 heterocycles. The van der Waals surface area contributed by atoms with Crippen molar-refractivity contribution in [2.75, 3.05) is 6.61 Å². The monoisotopic (exact) mass is 303 g/mol. The number of piperidine rings is 1. The highest BCUT2D eigenvalue weighted by Gasteiger charge is 2.41. The van der Waals surface area contributed by atoms with Crippen molar-refractivity contribution in [3.63, 3.8) is 0 Å². The van der Waals surface area contributed by atoms with Gasteiger partial charge in [-0.25, -0.2) is 0 Å². The standard InChI is InChI=1S/C20H33NO/c1-14(2)18-12-11-16(5)20(15(3)4)21(18)19(13-22)17-9-7-6-8-10-17/h6-10,14-16,18-20,22H,11-13H2,1-5H3/t16-,18-,19+,20+/m1/s1. The van der Waals surface area contributed by atoms with Crippen LogP contribution in [0.15, 0.2) is 30.3 Å². The highest BCUT2D eigenvalue weighted by Crippen LogP contribution is 2.40. The molecule has 1 fully saturated rings. The molecule has 1 saturated heterocycles. The van der Waals surface area contributed by atoms with Gasteiger partial charge in [0.05, 0.1) is 12.6 Å². The van der Waals surface area contributed by atoms with Gasteiger partial charge in [0.25, 0.3) is 0 Å². The second-order valence-corrected chi connectivity index (χ2v) is 7.66. The second-order valence-electron chi connectivity index (χ2n) is 7.66. The topological polar surface area (TPSA) is 23.5 Å². The van der Waals surface area contributed by atoms with E-state index in [1.165, 1.54) is 18.4 Å². The molecule has 124 valence electrons. The van der Waals surface area contributed by atoms with Crippen LogP contribution < -0.4 is 0 Å². The van der Waals surface area contributed by atoms with Gasteiger partial charge in [0, 0.05) is 12.1 Å². The predicted molar refractivity (Wildman–Crippen MR) is 93.8 cm³/mol. The summed E-state index contributed by atoms with van der Waals surface area (Å²) >= 11 is 0. The normalized spacial score (nSPS) is 28.3. The van der Waals surface area contributed by atoms with E-state index >= 15 is 0 Å². The fourth-order valence-corrected chi connectivity index (χ4v) is 4.43. The first-order valence-corrected chi connectivity index (χ1v) is 8.90. The van der Waals surface area contributed by atoms with Gasteiger partial charge < -0.3 is 5.11 Å². The third-order valence-electron chi connectivity index (χ3n) is 5.40. The number of hydrogen-bond acceptors (Lipinski definition) is 2. The third-order valence-corrected chi connectivity index (χ3v) is 5.40. The number of benzene rings is 1. The summed E-state index contributed by atoms with van der Waals surface area (Å²) in [6.45, 7) is 11.9. The van der Waals surface area contributed by atoms with E-state index in [9.17, 15) is 5.11 Å². The van der Waals surface area contributed by atoms with Crippen molar-refractivity contribution < 1.29 is 5.11 Å². The Labute approximate surface area is 136 Å². The van der Waals surface area contributed by atoms with Crippen LogP contribution in [0.1, 0.15) is 59.1 Å². The molecule has 2 heteroatoms. The molecule has 0 amide bonds. The van der Waals surface area contributed by atoms with Crippen LogP contribution >= 0.6 is 0 Å². The minimum atomic E-state index is 0.115. The summed E-state index contributed by atoms with van der Waals surface area (Å²) in [5, 5.41) is 10.2. The second kappa shape index (κ2) is 7.61. The number of nitrogens with zero attached hydrogens (tertiary/aromatic N) is 1. The van der Waals surface area contributed by atoms with Crippen LogP contribution in [-0.2, 0) is 0 Å². The molecular formula is C20H33NO. The number of aliphatic hydroxyl groups is 1. The number of hydrogen-bond donors (Lipinski definition) is 1. The largest absolute Gasteiger partial charge is 0.394 e. The van der Waals surface area contributed by atoms with Crippen LogP contribution in [0.3, 0.4) is 0 Å². The summed E-state index contributed by atoms with van der Waals surface area (Å²) in [6, 6.07) is 11.8. The van der Waals surface area contributed by atoms with Gasteiger partial charge in [0.2, 0.25) is 0 Å². The van der Waals surface area contributed by atoms with E-state index in [1.807, 2.05) is 0 Å². The lowest BCUT2D eigenvalue weighted by molar-refractivity contribution is -0.0493. The van der Waals surface area contributed by atoms with Crippen LogP contribution in [-0.4, -0.2) is 28.7 Å². The Hall–Kier alpha value is -0.860. The fourth-order valence-electron chi connectivity index (χ4n) is 4.43. The Morgan fingerprint density at radius 2 is 1.68 bits per heavy atom. The first-order chi connectivity index (χ1) is 10.5. The molecule has 0 spiro atoms. The lowest BCUT2D eigenvalue weighted by Crippen LogP contribution is -2.56. The molecule has 0 aromatic heterocycles. The van der Waals surface area contributed by atoms with Crippen molar-refractivity contribution in [3.8, 4) is 0 Å². The molecule has 0 aliphatic carbocycles. The smallest absolute Gasteiger partial charge is 0.0628 e. The molecule has 1 aliphatic heterocycles. The van der Waals surface area contributed by atoms with E-state index in [0.717, 1.165) is 0 Å². The predicted octanol–water partition coefficient (Wildman–Crippen LogP) is 4.50. The van der Waals surface area contributed by atoms with Gasteiger partial charge in [0.15, 0.2) is 0 Å². The van der Waals surface area contributed by atoms with Crippen LogP contribution in [0.5, 0.6) is 0 Å². The number of rotatable bonds is 5. The molecule has 0 unspecified atom stereocenters. The molecule has 0 bridgehead atoms. The first kappa shape index (κ1) is 17.5. The van der Waals surface area contributed by atoms with Gasteiger partial charge in [-0.05, 0) is 36.2 Å². The van der Waals surface area contributed by atoms with Crippen LogP contribution in [0.2, 0.25) is 0 Å². The van der Waals surface area contributed by atoms with Crippen molar-refractivity contribution in [1.82, 2.24) is 4.90 Å². The highest BCUT2D eigenvalue weighted by molar-refractivity contribution is 5.20. The van der Waals surface area contributed by atoms with Gasteiger partial charge in [0.1, 0.15) is 0 Å². The summed E-state index contributed by atoms with van der Waals surface area (Å²) in [4.78, 5) is 2.65. The molecule has 1 aromatic rings. The molecule has 2 rings (SSSR count). The Morgan fingerprint density at radius 1 is 1.05 bits per heavy atom. The quantitative estimate of drug-likeness (QED) is 0.865. The van der Waals surface area contributed by atoms with E-state index in [4.69, 9.17) is 0 Å². The SMILES string of the molecule is CC(C)[C@H]1CC[C@@H](C)[C@H](C(C)C)N1[C@@H](CO)c1ccccc1. The maximum Gasteiger partial charge on any atom is 0.0628 e. The molecule has 2 nitrogen and oxygen atoms in total. The third kappa shape index (κ3) is 3.55. The Balaban J connectivity index is 2.41. The molecule has 1 N–H and O–H groups in total. The lowest BCUT2D eigenvalue weighted by atomic mass is 9.77. The van der Waals surface area contributed by atoms with Crippen molar-refractivity contribution in [2.24, 2.45) is 17.8 Å². The zero-order valence-electron chi connectivity index (χ0n) is 14.9. The summed E-state index contributed by atoms with van der Waals surface area (Å²) in [6.07, 6.45) is 2.54. The molecule has 0 radical (unpaired) electrons. The number of aliphatic hydroxyl groups excluding tert-OH is 1. The summed E-state index contributed by atoms with van der Waals surface area (Å²) in [7, 11) is 0. The molecule has 4 atom stereocenters. The minimum Gasteiger partial charge on any atom is -0.394 e. The van der Waals surface area contributed by atoms with Crippen molar-refractivity contribution in [3.05, 3.63) is 35.9 Å². The zero-order chi connectivity index (χ0) is 16.3. The summed E-state index contributed by atoms with van der Waals surface area (Å²) in [5.41, 5.74) is 1.25. The fraction of sp³-hybridized carbons (Fsp3) is 0.700. The van der Waals surface area contributed by atoms with Gasteiger partial charge in [-0.2, -0.15) is 0 Å². The Bertz CT molecular complexity index is 442. The summed E-state index contributed by atoms with van der Waals surface area (Å²) < 4.78 is 0. The van der Waals surface area contributed by atoms with E-state index < -0.39 is 0 Å². The molecule has 1 aliphatic rings. The van der Waals surface area contributed by atoms with Gasteiger partial charge in [-0.15, -0.1) is 0 Å². The molecule has 1 aromatic carbocycles. The van der Waals surface area contributed by atoms with Crippen molar-refractivity contribution in [2.45, 2.75) is 65.6 Å². The molecular weight excluding hydrogens is 270 g/mol. The van der Waals surface area contributed by atoms with E-state index in [0.29, 0.717) is 29.8 Å². The maximum absolute atomic E-state index is 10.2. The van der Waals surface area contributed by atoms with E-state index in [-0.39, 0.29) is 12.6 Å². The highest BCUT2D eigenvalue weighted by atomic mass is 16.3. The van der Waals surface area contributed by atoms with E-state index in [2.05, 4.69) is 69.9 Å². The van der Waals surface area contributed by atoms with E-state index in [1.54, 1.807) is 0 Å². The summed E-state index contributed by atoms with van der Waals surface area (Å²) in [5.74, 6) is 1.91. The zero-order valence-corrected chi connectivity index (χ0v) is 14.9. The van der Waals surface area contributed by atoms with Crippen LogP contribution in [0.25, 0.3) is 0 Å². The van der Waals surface area contributed by atoms with Crippen molar-refractivity contribution in [1.29, 1.82) is 0 Å². The number of likely N-dealkylation sites (tertiary alicyclic amines) is 1. The first-order valence-electron chi connectivity index (χ1n) is 8.90. The molecule has 0 saturated carbocycles. The van der Waals surface area contributed by atoms with Crippen LogP contribution in [0.4, 0.5) is 0 Å². The minimum absolute atomic E-state index is 0.115. The van der Waals surface area contributed by atoms with Gasteiger partial charge in [-0.1, -0.05) is 65.0 Å². The van der Waals surface area contributed by atoms with Gasteiger partial charge >= 0.3 is 0 Å². The Morgan fingerprint density at radius 3 is 2.18 bits per heavy atom.